The minimum Gasteiger partial charge on any atom is -0.444 e. The largest absolute Gasteiger partial charge is 0.444 e. The van der Waals surface area contributed by atoms with E-state index in [1.54, 1.807) is 25.7 Å². The highest BCUT2D eigenvalue weighted by atomic mass is 16.6. The molecule has 3 amide bonds. The molecule has 0 aliphatic carbocycles. The van der Waals surface area contributed by atoms with Crippen molar-refractivity contribution in [3.63, 3.8) is 0 Å². The number of carbonyl (C=O) groups is 3. The number of nitrogens with one attached hydrogen (secondary N) is 2. The number of alkyl carbamates (subject to hydrolysis) is 1. The van der Waals surface area contributed by atoms with Gasteiger partial charge in [0.05, 0.1) is 0 Å². The van der Waals surface area contributed by atoms with Gasteiger partial charge < -0.3 is 20.3 Å². The highest BCUT2D eigenvalue weighted by molar-refractivity contribution is 5.90. The number of hydrogen-bond acceptors (Lipinski definition) is 4. The van der Waals surface area contributed by atoms with E-state index in [-0.39, 0.29) is 18.4 Å². The monoisotopic (exact) mass is 523 g/mol. The summed E-state index contributed by atoms with van der Waals surface area (Å²) in [6, 6.07) is 14.8. The van der Waals surface area contributed by atoms with Crippen molar-refractivity contribution in [1.82, 2.24) is 15.5 Å². The van der Waals surface area contributed by atoms with Gasteiger partial charge in [-0.2, -0.15) is 0 Å². The fourth-order valence-corrected chi connectivity index (χ4v) is 4.37. The molecule has 1 atom stereocenters. The second-order valence-corrected chi connectivity index (χ2v) is 10.9. The molecule has 0 saturated heterocycles. The Bertz CT molecular complexity index is 1030. The minimum absolute atomic E-state index is 0.252. The molecule has 0 saturated carbocycles. The summed E-state index contributed by atoms with van der Waals surface area (Å²) >= 11 is 0. The molecule has 2 N–H and O–H groups in total. The standard InChI is InChI=1S/C31H45N3O4/c1-7-8-9-10-14-17-34(27(35)22-33-30(37)38-31(4,5)6)28(26-19-23(2)18-24(3)20-26)29(36)32-21-25-15-12-11-13-16-25/h11-13,15-16,18-20,28H,7-10,14,17,21-22H2,1-6H3,(H,32,36)(H,33,37). The van der Waals surface area contributed by atoms with Gasteiger partial charge >= 0.3 is 6.09 Å². The van der Waals surface area contributed by atoms with Gasteiger partial charge in [0.15, 0.2) is 0 Å². The number of rotatable bonds is 13. The van der Waals surface area contributed by atoms with Gasteiger partial charge in [0.25, 0.3) is 0 Å². The maximum Gasteiger partial charge on any atom is 0.408 e. The lowest BCUT2D eigenvalue weighted by Crippen LogP contribution is -2.48. The topological polar surface area (TPSA) is 87.7 Å². The second-order valence-electron chi connectivity index (χ2n) is 10.9. The van der Waals surface area contributed by atoms with Crippen molar-refractivity contribution in [2.45, 2.75) is 91.8 Å². The molecule has 0 aliphatic rings. The SMILES string of the molecule is CCCCCCCN(C(=O)CNC(=O)OC(C)(C)C)C(C(=O)NCc1ccccc1)c1cc(C)cc(C)c1. The predicted octanol–water partition coefficient (Wildman–Crippen LogP) is 5.98. The summed E-state index contributed by atoms with van der Waals surface area (Å²) in [7, 11) is 0. The van der Waals surface area contributed by atoms with Crippen LogP contribution in [0, 0.1) is 13.8 Å². The summed E-state index contributed by atoms with van der Waals surface area (Å²) in [5.41, 5.74) is 3.09. The van der Waals surface area contributed by atoms with E-state index in [9.17, 15) is 14.4 Å². The van der Waals surface area contributed by atoms with Crippen LogP contribution in [0.2, 0.25) is 0 Å². The zero-order chi connectivity index (χ0) is 28.1. The second kappa shape index (κ2) is 15.2. The van der Waals surface area contributed by atoms with Gasteiger partial charge in [-0.25, -0.2) is 4.79 Å². The summed E-state index contributed by atoms with van der Waals surface area (Å²) in [5.74, 6) is -0.580. The van der Waals surface area contributed by atoms with Gasteiger partial charge in [0.2, 0.25) is 11.8 Å². The van der Waals surface area contributed by atoms with Crippen molar-refractivity contribution in [2.24, 2.45) is 0 Å². The van der Waals surface area contributed by atoms with Crippen LogP contribution in [0.1, 0.15) is 88.1 Å². The smallest absolute Gasteiger partial charge is 0.408 e. The van der Waals surface area contributed by atoms with Crippen molar-refractivity contribution in [3.8, 4) is 0 Å². The number of benzene rings is 2. The first kappa shape index (κ1) is 30.9. The van der Waals surface area contributed by atoms with E-state index in [0.717, 1.165) is 54.4 Å². The Balaban J connectivity index is 2.33. The van der Waals surface area contributed by atoms with Crippen LogP contribution in [0.3, 0.4) is 0 Å². The number of aryl methyl sites for hydroxylation is 2. The van der Waals surface area contributed by atoms with Gasteiger partial charge in [-0.3, -0.25) is 9.59 Å². The molecule has 0 spiro atoms. The third kappa shape index (κ3) is 11.0. The summed E-state index contributed by atoms with van der Waals surface area (Å²) < 4.78 is 5.30. The van der Waals surface area contributed by atoms with E-state index in [2.05, 4.69) is 17.6 Å². The van der Waals surface area contributed by atoms with Crippen LogP contribution in [0.25, 0.3) is 0 Å². The van der Waals surface area contributed by atoms with Gasteiger partial charge in [0.1, 0.15) is 18.2 Å². The third-order valence-corrected chi connectivity index (χ3v) is 6.04. The Labute approximate surface area is 228 Å². The van der Waals surface area contributed by atoms with Crippen LogP contribution >= 0.6 is 0 Å². The Kier molecular flexibility index (Phi) is 12.3. The van der Waals surface area contributed by atoms with E-state index in [4.69, 9.17) is 4.74 Å². The molecule has 2 aromatic carbocycles. The van der Waals surface area contributed by atoms with Gasteiger partial charge in [0, 0.05) is 13.1 Å². The first-order valence-electron chi connectivity index (χ1n) is 13.7. The van der Waals surface area contributed by atoms with Crippen LogP contribution < -0.4 is 10.6 Å². The van der Waals surface area contributed by atoms with Crippen LogP contribution in [0.5, 0.6) is 0 Å². The molecule has 1 unspecified atom stereocenters. The Morgan fingerprint density at radius 1 is 0.895 bits per heavy atom. The molecule has 0 fully saturated rings. The van der Waals surface area contributed by atoms with Gasteiger partial charge in [-0.15, -0.1) is 0 Å². The summed E-state index contributed by atoms with van der Waals surface area (Å²) in [6.07, 6.45) is 4.39. The van der Waals surface area contributed by atoms with E-state index in [1.165, 1.54) is 0 Å². The van der Waals surface area contributed by atoms with E-state index >= 15 is 0 Å². The maximum absolute atomic E-state index is 13.7. The molecular weight excluding hydrogens is 478 g/mol. The molecule has 2 rings (SSSR count). The molecule has 38 heavy (non-hydrogen) atoms. The van der Waals surface area contributed by atoms with Crippen LogP contribution in [-0.4, -0.2) is 41.5 Å². The Morgan fingerprint density at radius 2 is 1.53 bits per heavy atom. The number of unbranched alkanes of at least 4 members (excludes halogenated alkanes) is 4. The van der Waals surface area contributed by atoms with Crippen molar-refractivity contribution >= 4 is 17.9 Å². The first-order valence-corrected chi connectivity index (χ1v) is 13.7. The average molecular weight is 524 g/mol. The van der Waals surface area contributed by atoms with Crippen molar-refractivity contribution in [2.75, 3.05) is 13.1 Å². The number of carbonyl (C=O) groups excluding carboxylic acids is 3. The average Bonchev–Trinajstić information content (AvgIpc) is 2.84. The van der Waals surface area contributed by atoms with Crippen molar-refractivity contribution in [3.05, 3.63) is 70.8 Å². The number of hydrogen-bond donors (Lipinski definition) is 2. The zero-order valence-corrected chi connectivity index (χ0v) is 23.9. The fraction of sp³-hybridized carbons (Fsp3) is 0.516. The molecule has 208 valence electrons. The summed E-state index contributed by atoms with van der Waals surface area (Å²) in [5, 5.41) is 5.61. The Morgan fingerprint density at radius 3 is 2.13 bits per heavy atom. The molecule has 2 aromatic rings. The van der Waals surface area contributed by atoms with Crippen LogP contribution in [0.15, 0.2) is 48.5 Å². The lowest BCUT2D eigenvalue weighted by molar-refractivity contribution is -0.140. The van der Waals surface area contributed by atoms with E-state index in [0.29, 0.717) is 13.1 Å². The number of nitrogens with zero attached hydrogens (tertiary/aromatic N) is 1. The highest BCUT2D eigenvalue weighted by Crippen LogP contribution is 2.25. The normalized spacial score (nSPS) is 11.9. The Hall–Kier alpha value is -3.35. The lowest BCUT2D eigenvalue weighted by atomic mass is 9.98. The van der Waals surface area contributed by atoms with Crippen LogP contribution in [-0.2, 0) is 20.9 Å². The van der Waals surface area contributed by atoms with Crippen LogP contribution in [0.4, 0.5) is 4.79 Å². The number of amides is 3. The zero-order valence-electron chi connectivity index (χ0n) is 23.9. The third-order valence-electron chi connectivity index (χ3n) is 6.04. The van der Waals surface area contributed by atoms with E-state index in [1.807, 2.05) is 62.4 Å². The summed E-state index contributed by atoms with van der Waals surface area (Å²) in [6.45, 7) is 11.9. The molecule has 0 aromatic heterocycles. The lowest BCUT2D eigenvalue weighted by Gasteiger charge is -2.32. The molecule has 7 heteroatoms. The molecular formula is C31H45N3O4. The predicted molar refractivity (Wildman–Crippen MR) is 152 cm³/mol. The minimum atomic E-state index is -0.823. The summed E-state index contributed by atoms with van der Waals surface area (Å²) in [4.78, 5) is 41.2. The highest BCUT2D eigenvalue weighted by Gasteiger charge is 2.32. The van der Waals surface area contributed by atoms with E-state index < -0.39 is 17.7 Å². The molecule has 0 radical (unpaired) electrons. The number of ether oxygens (including phenoxy) is 1. The maximum atomic E-state index is 13.7. The van der Waals surface area contributed by atoms with Gasteiger partial charge in [-0.1, -0.05) is 92.3 Å². The molecule has 0 bridgehead atoms. The van der Waals surface area contributed by atoms with Crippen molar-refractivity contribution in [1.29, 1.82) is 0 Å². The molecule has 0 heterocycles. The quantitative estimate of drug-likeness (QED) is 0.316. The molecule has 0 aliphatic heterocycles. The van der Waals surface area contributed by atoms with Gasteiger partial charge in [-0.05, 0) is 52.2 Å². The van der Waals surface area contributed by atoms with Crippen molar-refractivity contribution < 1.29 is 19.1 Å². The molecule has 7 nitrogen and oxygen atoms in total. The fourth-order valence-electron chi connectivity index (χ4n) is 4.37. The first-order chi connectivity index (χ1) is 18.0.